The number of halogens is 1. The molecule has 1 N–H and O–H groups in total. The van der Waals surface area contributed by atoms with Crippen LogP contribution in [0, 0.1) is 17.8 Å². The average Bonchev–Trinajstić information content (AvgIpc) is 3.28. The van der Waals surface area contributed by atoms with E-state index in [2.05, 4.69) is 43.8 Å². The quantitative estimate of drug-likeness (QED) is 0.671. The van der Waals surface area contributed by atoms with Crippen molar-refractivity contribution in [3.05, 3.63) is 46.7 Å². The van der Waals surface area contributed by atoms with Gasteiger partial charge in [-0.25, -0.2) is 14.9 Å². The standard InChI is InChI=1S/C24H27BrN4O2/c1-14-17-10-21-24(8-9-28(21)13-15(17)6-7-20(14)30)18-4-2-3-5-19(18)29(22(24)31)23-26-11-16(25)12-27-23/h2-5,11-12,14-15,17,20-21,30H,6-10,13H2,1H3/t14-,15+,17-,20+,21+,24+/m1/s1. The van der Waals surface area contributed by atoms with Crippen LogP contribution in [0.5, 0.6) is 0 Å². The second-order valence-electron chi connectivity index (χ2n) is 9.75. The van der Waals surface area contributed by atoms with Gasteiger partial charge in [0.25, 0.3) is 0 Å². The molecule has 162 valence electrons. The molecule has 0 radical (unpaired) electrons. The molecule has 4 heterocycles. The Labute approximate surface area is 190 Å². The molecule has 2 aromatic rings. The third kappa shape index (κ3) is 2.72. The summed E-state index contributed by atoms with van der Waals surface area (Å²) in [6.07, 6.45) is 6.97. The van der Waals surface area contributed by atoms with Gasteiger partial charge in [0.15, 0.2) is 0 Å². The van der Waals surface area contributed by atoms with Crippen molar-refractivity contribution in [2.24, 2.45) is 17.8 Å². The van der Waals surface area contributed by atoms with Crippen LogP contribution in [0.3, 0.4) is 0 Å². The van der Waals surface area contributed by atoms with Gasteiger partial charge in [0, 0.05) is 25.0 Å². The van der Waals surface area contributed by atoms with Gasteiger partial charge < -0.3 is 5.11 Å². The van der Waals surface area contributed by atoms with Crippen LogP contribution in [0.1, 0.15) is 38.2 Å². The monoisotopic (exact) mass is 482 g/mol. The number of para-hydroxylation sites is 1. The van der Waals surface area contributed by atoms with Gasteiger partial charge in [0.05, 0.1) is 21.7 Å². The van der Waals surface area contributed by atoms with E-state index >= 15 is 0 Å². The van der Waals surface area contributed by atoms with Gasteiger partial charge in [-0.3, -0.25) is 9.69 Å². The van der Waals surface area contributed by atoms with Gasteiger partial charge >= 0.3 is 0 Å². The first-order valence-corrected chi connectivity index (χ1v) is 12.1. The molecule has 6 nitrogen and oxygen atoms in total. The number of nitrogens with zero attached hydrogens (tertiary/aromatic N) is 4. The van der Waals surface area contributed by atoms with Gasteiger partial charge in [0.1, 0.15) is 0 Å². The number of fused-ring (bicyclic) bond motifs is 5. The minimum absolute atomic E-state index is 0.103. The van der Waals surface area contributed by atoms with E-state index in [4.69, 9.17) is 0 Å². The molecule has 1 aromatic carbocycles. The zero-order valence-electron chi connectivity index (χ0n) is 17.6. The number of benzene rings is 1. The van der Waals surface area contributed by atoms with Gasteiger partial charge in [-0.05, 0) is 77.5 Å². The Morgan fingerprint density at radius 3 is 2.77 bits per heavy atom. The molecule has 1 saturated carbocycles. The number of hydrogen-bond acceptors (Lipinski definition) is 5. The molecule has 6 atom stereocenters. The fraction of sp³-hybridized carbons (Fsp3) is 0.542. The van der Waals surface area contributed by atoms with Crippen molar-refractivity contribution in [2.75, 3.05) is 18.0 Å². The molecule has 3 fully saturated rings. The molecule has 6 rings (SSSR count). The van der Waals surface area contributed by atoms with Crippen LogP contribution in [0.15, 0.2) is 41.1 Å². The first kappa shape index (κ1) is 19.8. The van der Waals surface area contributed by atoms with Gasteiger partial charge in [-0.15, -0.1) is 0 Å². The summed E-state index contributed by atoms with van der Waals surface area (Å²) in [6.45, 7) is 4.18. The Morgan fingerprint density at radius 2 is 1.97 bits per heavy atom. The molecule has 1 aromatic heterocycles. The smallest absolute Gasteiger partial charge is 0.246 e. The van der Waals surface area contributed by atoms with Crippen LogP contribution in [-0.2, 0) is 10.2 Å². The summed E-state index contributed by atoms with van der Waals surface area (Å²) in [5.41, 5.74) is 1.47. The van der Waals surface area contributed by atoms with Crippen molar-refractivity contribution in [3.63, 3.8) is 0 Å². The molecule has 3 aliphatic heterocycles. The molecule has 2 saturated heterocycles. The second kappa shape index (κ2) is 7.09. The summed E-state index contributed by atoms with van der Waals surface area (Å²) < 4.78 is 0.793. The summed E-state index contributed by atoms with van der Waals surface area (Å²) in [6, 6.07) is 8.34. The van der Waals surface area contributed by atoms with E-state index in [1.54, 1.807) is 17.3 Å². The number of anilines is 2. The third-order valence-electron chi connectivity index (χ3n) is 8.51. The van der Waals surface area contributed by atoms with Crippen molar-refractivity contribution in [1.82, 2.24) is 14.9 Å². The zero-order chi connectivity index (χ0) is 21.3. The van der Waals surface area contributed by atoms with Crippen LogP contribution in [0.25, 0.3) is 0 Å². The van der Waals surface area contributed by atoms with Crippen molar-refractivity contribution in [2.45, 2.75) is 50.2 Å². The number of aliphatic hydroxyl groups excluding tert-OH is 1. The summed E-state index contributed by atoms with van der Waals surface area (Å²) in [5.74, 6) is 1.92. The lowest BCUT2D eigenvalue weighted by atomic mass is 9.62. The van der Waals surface area contributed by atoms with Crippen LogP contribution < -0.4 is 4.90 Å². The predicted octanol–water partition coefficient (Wildman–Crippen LogP) is 3.66. The lowest BCUT2D eigenvalue weighted by Crippen LogP contribution is -2.56. The molecule has 0 unspecified atom stereocenters. The molecule has 1 amide bonds. The molecular weight excluding hydrogens is 456 g/mol. The molecule has 1 spiro atoms. The normalized spacial score (nSPS) is 37.1. The van der Waals surface area contributed by atoms with Gasteiger partial charge in [-0.1, -0.05) is 25.1 Å². The zero-order valence-corrected chi connectivity index (χ0v) is 19.2. The minimum atomic E-state index is -0.555. The van der Waals surface area contributed by atoms with Crippen molar-refractivity contribution < 1.29 is 9.90 Å². The second-order valence-corrected chi connectivity index (χ2v) is 10.7. The van der Waals surface area contributed by atoms with E-state index in [-0.39, 0.29) is 24.0 Å². The van der Waals surface area contributed by atoms with Crippen LogP contribution in [0.4, 0.5) is 11.6 Å². The number of carbonyl (C=O) groups is 1. The lowest BCUT2D eigenvalue weighted by Gasteiger charge is -2.50. The van der Waals surface area contributed by atoms with Crippen LogP contribution >= 0.6 is 15.9 Å². The summed E-state index contributed by atoms with van der Waals surface area (Å²) >= 11 is 3.39. The van der Waals surface area contributed by atoms with Gasteiger partial charge in [-0.2, -0.15) is 0 Å². The number of amides is 1. The number of aromatic nitrogens is 2. The Hall–Kier alpha value is -1.83. The highest BCUT2D eigenvalue weighted by molar-refractivity contribution is 9.10. The van der Waals surface area contributed by atoms with Crippen molar-refractivity contribution >= 4 is 33.5 Å². The fourth-order valence-corrected chi connectivity index (χ4v) is 7.15. The Balaban J connectivity index is 1.43. The lowest BCUT2D eigenvalue weighted by molar-refractivity contribution is -0.125. The summed E-state index contributed by atoms with van der Waals surface area (Å²) in [7, 11) is 0. The third-order valence-corrected chi connectivity index (χ3v) is 8.91. The number of piperidine rings is 1. The molecule has 4 aliphatic rings. The maximum Gasteiger partial charge on any atom is 0.246 e. The van der Waals surface area contributed by atoms with E-state index in [0.717, 1.165) is 54.5 Å². The van der Waals surface area contributed by atoms with Crippen LogP contribution in [0.2, 0.25) is 0 Å². The minimum Gasteiger partial charge on any atom is -0.393 e. The SMILES string of the molecule is C[C@@H]1[C@H]2C[C@@H]3N(CC[C@@]34C(=O)N(c3ncc(Br)cn3)c3ccccc34)C[C@@H]2CC[C@@H]1O. The Morgan fingerprint density at radius 1 is 1.19 bits per heavy atom. The molecule has 0 bridgehead atoms. The van der Waals surface area contributed by atoms with E-state index in [1.165, 1.54) is 0 Å². The Bertz CT molecular complexity index is 1030. The highest BCUT2D eigenvalue weighted by Gasteiger charge is 2.63. The van der Waals surface area contributed by atoms with Crippen molar-refractivity contribution in [1.29, 1.82) is 0 Å². The number of hydrogen-bond donors (Lipinski definition) is 1. The number of aliphatic hydroxyl groups is 1. The predicted molar refractivity (Wildman–Crippen MR) is 121 cm³/mol. The summed E-state index contributed by atoms with van der Waals surface area (Å²) in [5, 5.41) is 10.5. The Kier molecular flexibility index (Phi) is 4.53. The topological polar surface area (TPSA) is 69.6 Å². The number of rotatable bonds is 1. The van der Waals surface area contributed by atoms with E-state index < -0.39 is 5.41 Å². The average molecular weight is 483 g/mol. The number of carbonyl (C=O) groups excluding carboxylic acids is 1. The molecular formula is C24H27BrN4O2. The highest BCUT2D eigenvalue weighted by Crippen LogP contribution is 2.56. The molecule has 1 aliphatic carbocycles. The van der Waals surface area contributed by atoms with Gasteiger partial charge in [0.2, 0.25) is 11.9 Å². The maximum atomic E-state index is 14.2. The first-order valence-electron chi connectivity index (χ1n) is 11.3. The molecule has 7 heteroatoms. The first-order chi connectivity index (χ1) is 15.0. The fourth-order valence-electron chi connectivity index (χ4n) is 6.95. The largest absolute Gasteiger partial charge is 0.393 e. The highest BCUT2D eigenvalue weighted by atomic mass is 79.9. The van der Waals surface area contributed by atoms with E-state index in [9.17, 15) is 9.90 Å². The van der Waals surface area contributed by atoms with Crippen LogP contribution in [-0.4, -0.2) is 51.1 Å². The summed E-state index contributed by atoms with van der Waals surface area (Å²) in [4.78, 5) is 27.4. The molecule has 31 heavy (non-hydrogen) atoms. The van der Waals surface area contributed by atoms with E-state index in [1.807, 2.05) is 18.2 Å². The van der Waals surface area contributed by atoms with E-state index in [0.29, 0.717) is 17.8 Å². The van der Waals surface area contributed by atoms with Crippen molar-refractivity contribution in [3.8, 4) is 0 Å². The maximum absolute atomic E-state index is 14.2.